The molecule has 15 heavy (non-hydrogen) atoms. The maximum Gasteiger partial charge on any atom is 0.226 e. The minimum absolute atomic E-state index is 0.0322. The average Bonchev–Trinajstić information content (AvgIpc) is 2.99. The van der Waals surface area contributed by atoms with Crippen molar-refractivity contribution < 1.29 is 14.3 Å². The van der Waals surface area contributed by atoms with Crippen LogP contribution in [0.15, 0.2) is 0 Å². The number of carbonyl (C=O) groups is 2. The van der Waals surface area contributed by atoms with Crippen LogP contribution in [0.3, 0.4) is 0 Å². The molecule has 0 spiro atoms. The highest BCUT2D eigenvalue weighted by molar-refractivity contribution is 5.94. The second-order valence-electron chi connectivity index (χ2n) is 4.66. The van der Waals surface area contributed by atoms with Crippen LogP contribution in [-0.2, 0) is 14.3 Å². The van der Waals surface area contributed by atoms with E-state index in [0.717, 1.165) is 6.42 Å². The van der Waals surface area contributed by atoms with Crippen LogP contribution in [0.2, 0.25) is 0 Å². The van der Waals surface area contributed by atoms with E-state index in [1.54, 1.807) is 6.92 Å². The molecular weight excluding hydrogens is 194 g/mol. The largest absolute Gasteiger partial charge is 0.365 e. The van der Waals surface area contributed by atoms with Crippen LogP contribution in [0.4, 0.5) is 0 Å². The summed E-state index contributed by atoms with van der Waals surface area (Å²) in [4.78, 5) is 23.3. The summed E-state index contributed by atoms with van der Waals surface area (Å²) < 4.78 is 4.88. The molecule has 86 valence electrons. The van der Waals surface area contributed by atoms with Gasteiger partial charge in [-0.05, 0) is 13.3 Å². The highest BCUT2D eigenvalue weighted by Gasteiger charge is 2.36. The number of carbonyl (C=O) groups excluding carboxylic acids is 2. The van der Waals surface area contributed by atoms with Gasteiger partial charge in [0.25, 0.3) is 0 Å². The van der Waals surface area contributed by atoms with Crippen molar-refractivity contribution in [3.63, 3.8) is 0 Å². The lowest BCUT2D eigenvalue weighted by molar-refractivity contribution is -0.133. The number of nitrogens with one attached hydrogen (secondary N) is 1. The Morgan fingerprint density at radius 2 is 2.07 bits per heavy atom. The predicted molar refractivity (Wildman–Crippen MR) is 56.4 cm³/mol. The number of rotatable bonds is 5. The zero-order valence-electron chi connectivity index (χ0n) is 9.79. The van der Waals surface area contributed by atoms with E-state index >= 15 is 0 Å². The van der Waals surface area contributed by atoms with Crippen molar-refractivity contribution in [2.45, 2.75) is 46.3 Å². The highest BCUT2D eigenvalue weighted by atomic mass is 16.6. The Hall–Kier alpha value is -0.900. The van der Waals surface area contributed by atoms with Crippen molar-refractivity contribution >= 4 is 11.7 Å². The molecule has 1 saturated heterocycles. The lowest BCUT2D eigenvalue weighted by atomic mass is 9.89. The fraction of sp³-hybridized carbons (Fsp3) is 0.818. The molecule has 0 saturated carbocycles. The van der Waals surface area contributed by atoms with Crippen LogP contribution in [0.5, 0.6) is 0 Å². The Morgan fingerprint density at radius 3 is 2.47 bits per heavy atom. The highest BCUT2D eigenvalue weighted by Crippen LogP contribution is 2.20. The topological polar surface area (TPSA) is 58.7 Å². The van der Waals surface area contributed by atoms with E-state index in [2.05, 4.69) is 5.32 Å². The summed E-state index contributed by atoms with van der Waals surface area (Å²) in [6.45, 7) is 7.89. The summed E-state index contributed by atoms with van der Waals surface area (Å²) in [7, 11) is 0. The third-order valence-electron chi connectivity index (χ3n) is 2.92. The molecule has 0 bridgehead atoms. The molecule has 1 unspecified atom stereocenters. The first-order valence-corrected chi connectivity index (χ1v) is 5.34. The number of ether oxygens (including phenoxy) is 1. The van der Waals surface area contributed by atoms with Gasteiger partial charge in [-0.25, -0.2) is 0 Å². The second kappa shape index (κ2) is 4.31. The molecule has 1 rings (SSSR count). The Labute approximate surface area is 90.4 Å². The predicted octanol–water partition coefficient (Wildman–Crippen LogP) is 0.895. The van der Waals surface area contributed by atoms with Crippen molar-refractivity contribution in [2.75, 3.05) is 6.61 Å². The van der Waals surface area contributed by atoms with Crippen molar-refractivity contribution in [3.05, 3.63) is 0 Å². The van der Waals surface area contributed by atoms with Gasteiger partial charge in [0.2, 0.25) is 5.91 Å². The van der Waals surface area contributed by atoms with Crippen LogP contribution in [0, 0.1) is 5.41 Å². The summed E-state index contributed by atoms with van der Waals surface area (Å²) in [5, 5.41) is 2.72. The van der Waals surface area contributed by atoms with Gasteiger partial charge in [0, 0.05) is 5.41 Å². The fourth-order valence-electron chi connectivity index (χ4n) is 1.11. The van der Waals surface area contributed by atoms with Crippen molar-refractivity contribution in [1.29, 1.82) is 0 Å². The van der Waals surface area contributed by atoms with E-state index in [-0.39, 0.29) is 17.8 Å². The Kier molecular flexibility index (Phi) is 3.50. The van der Waals surface area contributed by atoms with Gasteiger partial charge in [-0.1, -0.05) is 20.8 Å². The molecule has 2 atom stereocenters. The molecule has 1 N–H and O–H groups in total. The monoisotopic (exact) mass is 213 g/mol. The van der Waals surface area contributed by atoms with Gasteiger partial charge in [0.05, 0.1) is 12.6 Å². The molecule has 4 heteroatoms. The van der Waals surface area contributed by atoms with Gasteiger partial charge in [0.1, 0.15) is 6.10 Å². The van der Waals surface area contributed by atoms with Crippen LogP contribution in [0.25, 0.3) is 0 Å². The summed E-state index contributed by atoms with van der Waals surface area (Å²) in [6.07, 6.45) is 0.463. The molecule has 0 radical (unpaired) electrons. The quantitative estimate of drug-likeness (QED) is 0.690. The van der Waals surface area contributed by atoms with E-state index in [9.17, 15) is 9.59 Å². The van der Waals surface area contributed by atoms with Gasteiger partial charge >= 0.3 is 0 Å². The molecule has 1 fully saturated rings. The van der Waals surface area contributed by atoms with Gasteiger partial charge in [-0.2, -0.15) is 0 Å². The lowest BCUT2D eigenvalue weighted by Gasteiger charge is -2.23. The maximum absolute atomic E-state index is 11.7. The molecule has 0 aliphatic carbocycles. The maximum atomic E-state index is 11.7. The first-order valence-electron chi connectivity index (χ1n) is 5.34. The minimum atomic E-state index is -0.448. The summed E-state index contributed by atoms with van der Waals surface area (Å²) in [5.41, 5.74) is -0.418. The first kappa shape index (κ1) is 12.2. The SMILES string of the molecule is CCC(C)(C)C(=O)N[C@@H](C)C(=O)C1CO1. The zero-order chi connectivity index (χ0) is 11.6. The molecule has 0 aromatic carbocycles. The van der Waals surface area contributed by atoms with E-state index in [1.165, 1.54) is 0 Å². The van der Waals surface area contributed by atoms with E-state index in [0.29, 0.717) is 6.61 Å². The van der Waals surface area contributed by atoms with Crippen LogP contribution in [0.1, 0.15) is 34.1 Å². The molecule has 0 aromatic rings. The van der Waals surface area contributed by atoms with E-state index in [1.807, 2.05) is 20.8 Å². The van der Waals surface area contributed by atoms with Gasteiger partial charge < -0.3 is 10.1 Å². The lowest BCUT2D eigenvalue weighted by Crippen LogP contribution is -2.46. The number of amides is 1. The molecule has 0 aromatic heterocycles. The summed E-state index contributed by atoms with van der Waals surface area (Å²) >= 11 is 0. The Morgan fingerprint density at radius 1 is 1.53 bits per heavy atom. The summed E-state index contributed by atoms with van der Waals surface area (Å²) in [6, 6.07) is -0.448. The van der Waals surface area contributed by atoms with Gasteiger partial charge in [-0.3, -0.25) is 9.59 Å². The number of hydrogen-bond acceptors (Lipinski definition) is 3. The van der Waals surface area contributed by atoms with Crippen LogP contribution >= 0.6 is 0 Å². The van der Waals surface area contributed by atoms with E-state index < -0.39 is 11.5 Å². The smallest absolute Gasteiger partial charge is 0.226 e. The molecular formula is C11H19NO3. The molecule has 1 heterocycles. The zero-order valence-corrected chi connectivity index (χ0v) is 9.79. The molecule has 1 amide bonds. The van der Waals surface area contributed by atoms with E-state index in [4.69, 9.17) is 4.74 Å². The number of Topliss-reactive ketones (excluding diaryl/α,β-unsaturated/α-hetero) is 1. The Bertz CT molecular complexity index is 269. The molecule has 1 aliphatic heterocycles. The van der Waals surface area contributed by atoms with Crippen molar-refractivity contribution in [3.8, 4) is 0 Å². The standard InChI is InChI=1S/C11H19NO3/c1-5-11(3,4)10(14)12-7(2)9(13)8-6-15-8/h7-8H,5-6H2,1-4H3,(H,12,14)/t7-,8?/m0/s1. The number of ketones is 1. The Balaban J connectivity index is 2.46. The number of epoxide rings is 1. The average molecular weight is 213 g/mol. The number of hydrogen-bond donors (Lipinski definition) is 1. The fourth-order valence-corrected chi connectivity index (χ4v) is 1.11. The normalized spacial score (nSPS) is 22.0. The first-order chi connectivity index (χ1) is 6.88. The summed E-state index contributed by atoms with van der Waals surface area (Å²) in [5.74, 6) is -0.109. The molecule has 4 nitrogen and oxygen atoms in total. The van der Waals surface area contributed by atoms with Crippen LogP contribution in [-0.4, -0.2) is 30.4 Å². The second-order valence-corrected chi connectivity index (χ2v) is 4.66. The van der Waals surface area contributed by atoms with Crippen LogP contribution < -0.4 is 5.32 Å². The molecule has 1 aliphatic rings. The van der Waals surface area contributed by atoms with Crippen molar-refractivity contribution in [1.82, 2.24) is 5.32 Å². The minimum Gasteiger partial charge on any atom is -0.365 e. The van der Waals surface area contributed by atoms with Crippen molar-refractivity contribution in [2.24, 2.45) is 5.41 Å². The van der Waals surface area contributed by atoms with Gasteiger partial charge in [-0.15, -0.1) is 0 Å². The third kappa shape index (κ3) is 3.02. The third-order valence-corrected chi connectivity index (χ3v) is 2.92. The van der Waals surface area contributed by atoms with Gasteiger partial charge in [0.15, 0.2) is 5.78 Å².